The summed E-state index contributed by atoms with van der Waals surface area (Å²) in [6.45, 7) is 3.83. The van der Waals surface area contributed by atoms with Crippen molar-refractivity contribution in [2.24, 2.45) is 4.99 Å². The number of hydrogen-bond donors (Lipinski definition) is 1. The van der Waals surface area contributed by atoms with Gasteiger partial charge in [0.2, 0.25) is 5.91 Å². The minimum atomic E-state index is -0.448. The Kier molecular flexibility index (Phi) is 3.52. The van der Waals surface area contributed by atoms with E-state index < -0.39 is 6.04 Å². The lowest BCUT2D eigenvalue weighted by atomic mass is 9.95. The molecule has 0 aliphatic carbocycles. The summed E-state index contributed by atoms with van der Waals surface area (Å²) in [5.74, 6) is 2.53. The zero-order valence-electron chi connectivity index (χ0n) is 12.6. The average Bonchev–Trinajstić information content (AvgIpc) is 2.65. The van der Waals surface area contributed by atoms with Crippen LogP contribution in [-0.2, 0) is 4.79 Å². The number of benzene rings is 2. The Balaban J connectivity index is 2.28. The van der Waals surface area contributed by atoms with E-state index in [0.717, 1.165) is 33.7 Å². The largest absolute Gasteiger partial charge is 0.324 e. The van der Waals surface area contributed by atoms with Crippen LogP contribution in [0, 0.1) is 19.3 Å². The molecule has 3 heteroatoms. The molecule has 1 unspecified atom stereocenters. The van der Waals surface area contributed by atoms with Gasteiger partial charge in [-0.05, 0) is 37.6 Å². The molecule has 1 aliphatic rings. The van der Waals surface area contributed by atoms with Crippen LogP contribution in [0.15, 0.2) is 47.5 Å². The summed E-state index contributed by atoms with van der Waals surface area (Å²) in [5, 5.41) is 2.92. The number of amides is 1. The number of nitrogens with zero attached hydrogens (tertiary/aromatic N) is 1. The summed E-state index contributed by atoms with van der Waals surface area (Å²) in [6.07, 6.45) is 5.51. The van der Waals surface area contributed by atoms with Crippen LogP contribution >= 0.6 is 0 Å². The van der Waals surface area contributed by atoms with E-state index in [0.29, 0.717) is 0 Å². The van der Waals surface area contributed by atoms with E-state index in [9.17, 15) is 4.79 Å². The van der Waals surface area contributed by atoms with E-state index in [4.69, 9.17) is 6.42 Å². The Morgan fingerprint density at radius 3 is 2.68 bits per heavy atom. The molecular formula is C19H16N2O. The maximum atomic E-state index is 12.1. The van der Waals surface area contributed by atoms with Crippen LogP contribution in [0.25, 0.3) is 0 Å². The Morgan fingerprint density at radius 1 is 1.18 bits per heavy atom. The molecule has 108 valence electrons. The average molecular weight is 288 g/mol. The molecule has 3 rings (SSSR count). The van der Waals surface area contributed by atoms with Crippen LogP contribution in [0.2, 0.25) is 0 Å². The van der Waals surface area contributed by atoms with Gasteiger partial charge in [-0.15, -0.1) is 6.42 Å². The number of benzodiazepines with no additional fused rings is 1. The monoisotopic (exact) mass is 288 g/mol. The van der Waals surface area contributed by atoms with Gasteiger partial charge in [0.25, 0.3) is 0 Å². The molecule has 1 heterocycles. The van der Waals surface area contributed by atoms with E-state index >= 15 is 0 Å². The molecule has 0 saturated heterocycles. The summed E-state index contributed by atoms with van der Waals surface area (Å²) in [4.78, 5) is 16.8. The first-order valence-corrected chi connectivity index (χ1v) is 7.16. The second-order valence-corrected chi connectivity index (χ2v) is 5.36. The molecule has 0 saturated carbocycles. The molecule has 3 nitrogen and oxygen atoms in total. The van der Waals surface area contributed by atoms with Crippen LogP contribution in [0.1, 0.15) is 29.2 Å². The van der Waals surface area contributed by atoms with Gasteiger partial charge in [0.05, 0.1) is 11.4 Å². The van der Waals surface area contributed by atoms with Gasteiger partial charge in [-0.25, -0.2) is 0 Å². The molecular weight excluding hydrogens is 272 g/mol. The number of terminal acetylenes is 1. The summed E-state index contributed by atoms with van der Waals surface area (Å²) >= 11 is 0. The topological polar surface area (TPSA) is 41.5 Å². The number of aliphatic imine (C=N–C) groups is 1. The Morgan fingerprint density at radius 2 is 1.95 bits per heavy atom. The molecule has 2 aromatic carbocycles. The second-order valence-electron chi connectivity index (χ2n) is 5.36. The van der Waals surface area contributed by atoms with Gasteiger partial charge in [-0.1, -0.05) is 30.2 Å². The van der Waals surface area contributed by atoms with E-state index in [1.165, 1.54) is 0 Å². The van der Waals surface area contributed by atoms with Crippen LogP contribution in [-0.4, -0.2) is 17.7 Å². The number of carbonyl (C=O) groups excluding carboxylic acids is 1. The standard InChI is InChI=1S/C19H16N2O/c1-4-14-9-10-17-16(11-14)18(20-13(3)19(22)21-17)15-8-6-5-7-12(15)2/h1,5-11,13H,2-3H3,(H,21,22). The minimum absolute atomic E-state index is 0.113. The molecule has 0 spiro atoms. The van der Waals surface area contributed by atoms with Gasteiger partial charge in [0.15, 0.2) is 0 Å². The predicted molar refractivity (Wildman–Crippen MR) is 89.3 cm³/mol. The van der Waals surface area contributed by atoms with Gasteiger partial charge >= 0.3 is 0 Å². The first-order valence-electron chi connectivity index (χ1n) is 7.16. The third-order valence-corrected chi connectivity index (χ3v) is 3.80. The normalized spacial score (nSPS) is 16.9. The third-order valence-electron chi connectivity index (χ3n) is 3.80. The second kappa shape index (κ2) is 5.50. The molecule has 1 atom stereocenters. The third kappa shape index (κ3) is 2.40. The minimum Gasteiger partial charge on any atom is -0.324 e. The molecule has 2 aromatic rings. The van der Waals surface area contributed by atoms with Crippen molar-refractivity contribution < 1.29 is 4.79 Å². The smallest absolute Gasteiger partial charge is 0.248 e. The van der Waals surface area contributed by atoms with Crippen molar-refractivity contribution in [3.05, 3.63) is 64.7 Å². The lowest BCUT2D eigenvalue weighted by Crippen LogP contribution is -2.22. The highest BCUT2D eigenvalue weighted by Gasteiger charge is 2.23. The van der Waals surface area contributed by atoms with E-state index in [1.54, 1.807) is 6.92 Å². The van der Waals surface area contributed by atoms with Crippen molar-refractivity contribution in [2.45, 2.75) is 19.9 Å². The quantitative estimate of drug-likeness (QED) is 0.805. The van der Waals surface area contributed by atoms with E-state index in [-0.39, 0.29) is 5.91 Å². The number of aryl methyl sites for hydroxylation is 1. The van der Waals surface area contributed by atoms with Crippen molar-refractivity contribution in [1.82, 2.24) is 0 Å². The highest BCUT2D eigenvalue weighted by Crippen LogP contribution is 2.26. The van der Waals surface area contributed by atoms with Crippen LogP contribution < -0.4 is 5.32 Å². The summed E-state index contributed by atoms with van der Waals surface area (Å²) in [7, 11) is 0. The molecule has 0 aromatic heterocycles. The van der Waals surface area contributed by atoms with Crippen molar-refractivity contribution in [3.8, 4) is 12.3 Å². The Bertz CT molecular complexity index is 828. The highest BCUT2D eigenvalue weighted by atomic mass is 16.2. The number of rotatable bonds is 1. The fourth-order valence-electron chi connectivity index (χ4n) is 2.55. The number of anilines is 1. The number of nitrogens with one attached hydrogen (secondary N) is 1. The molecule has 1 N–H and O–H groups in total. The van der Waals surface area contributed by atoms with Gasteiger partial charge in [0, 0.05) is 16.7 Å². The number of hydrogen-bond acceptors (Lipinski definition) is 2. The van der Waals surface area contributed by atoms with Gasteiger partial charge < -0.3 is 5.32 Å². The molecule has 0 radical (unpaired) electrons. The van der Waals surface area contributed by atoms with E-state index in [2.05, 4.69) is 16.2 Å². The van der Waals surface area contributed by atoms with E-state index in [1.807, 2.05) is 49.4 Å². The lowest BCUT2D eigenvalue weighted by molar-refractivity contribution is -0.116. The SMILES string of the molecule is C#Cc1ccc2c(c1)C(c1ccccc1C)=NC(C)C(=O)N2. The van der Waals surface area contributed by atoms with Crippen LogP contribution in [0.3, 0.4) is 0 Å². The van der Waals surface area contributed by atoms with Crippen LogP contribution in [0.4, 0.5) is 5.69 Å². The zero-order chi connectivity index (χ0) is 15.7. The van der Waals surface area contributed by atoms with Gasteiger partial charge in [0.1, 0.15) is 6.04 Å². The summed E-state index contributed by atoms with van der Waals surface area (Å²) in [5.41, 5.74) is 5.30. The summed E-state index contributed by atoms with van der Waals surface area (Å²) in [6, 6.07) is 13.1. The Labute approximate surface area is 130 Å². The molecule has 0 bridgehead atoms. The first kappa shape index (κ1) is 14.1. The maximum absolute atomic E-state index is 12.1. The number of fused-ring (bicyclic) bond motifs is 1. The Hall–Kier alpha value is -2.86. The first-order chi connectivity index (χ1) is 10.6. The molecule has 1 aliphatic heterocycles. The predicted octanol–water partition coefficient (Wildman–Crippen LogP) is 3.15. The van der Waals surface area contributed by atoms with Crippen molar-refractivity contribution in [1.29, 1.82) is 0 Å². The van der Waals surface area contributed by atoms with Crippen molar-refractivity contribution in [2.75, 3.05) is 5.32 Å². The molecule has 22 heavy (non-hydrogen) atoms. The fourth-order valence-corrected chi connectivity index (χ4v) is 2.55. The lowest BCUT2D eigenvalue weighted by Gasteiger charge is -2.12. The molecule has 1 amide bonds. The zero-order valence-corrected chi connectivity index (χ0v) is 12.6. The fraction of sp³-hybridized carbons (Fsp3) is 0.158. The molecule has 0 fully saturated rings. The van der Waals surface area contributed by atoms with Gasteiger partial charge in [-0.3, -0.25) is 9.79 Å². The highest BCUT2D eigenvalue weighted by molar-refractivity contribution is 6.20. The maximum Gasteiger partial charge on any atom is 0.248 e. The number of carbonyl (C=O) groups is 1. The van der Waals surface area contributed by atoms with Gasteiger partial charge in [-0.2, -0.15) is 0 Å². The van der Waals surface area contributed by atoms with Crippen molar-refractivity contribution in [3.63, 3.8) is 0 Å². The van der Waals surface area contributed by atoms with Crippen molar-refractivity contribution >= 4 is 17.3 Å². The summed E-state index contributed by atoms with van der Waals surface area (Å²) < 4.78 is 0. The van der Waals surface area contributed by atoms with Crippen LogP contribution in [0.5, 0.6) is 0 Å².